The van der Waals surface area contributed by atoms with Crippen LogP contribution in [0.1, 0.15) is 19.4 Å². The molecule has 0 radical (unpaired) electrons. The minimum Gasteiger partial charge on any atom is -0.463 e. The van der Waals surface area contributed by atoms with Gasteiger partial charge < -0.3 is 19.2 Å². The molecule has 1 aromatic carbocycles. The number of carbonyl (C=O) groups is 1. The Bertz CT molecular complexity index is 794. The topological polar surface area (TPSA) is 80.0 Å². The van der Waals surface area contributed by atoms with E-state index in [2.05, 4.69) is 0 Å². The van der Waals surface area contributed by atoms with Gasteiger partial charge in [-0.25, -0.2) is 9.59 Å². The Morgan fingerprint density at radius 1 is 1.33 bits per heavy atom. The molecule has 0 atom stereocenters. The number of hydrogen-bond acceptors (Lipinski definition) is 6. The Morgan fingerprint density at radius 3 is 2.79 bits per heavy atom. The number of nitrogens with zero attached hydrogens (tertiary/aromatic N) is 1. The van der Waals surface area contributed by atoms with Gasteiger partial charge in [0.05, 0.1) is 18.8 Å². The Kier molecular flexibility index (Phi) is 6.14. The number of rotatable bonds is 7. The predicted octanol–water partition coefficient (Wildman–Crippen LogP) is 2.19. The third kappa shape index (κ3) is 4.23. The highest BCUT2D eigenvalue weighted by atomic mass is 16.5. The van der Waals surface area contributed by atoms with Gasteiger partial charge in [0.2, 0.25) is 0 Å². The van der Waals surface area contributed by atoms with Crippen LogP contribution in [-0.4, -0.2) is 37.4 Å². The Labute approximate surface area is 140 Å². The van der Waals surface area contributed by atoms with E-state index in [0.29, 0.717) is 12.1 Å². The first-order valence-electron chi connectivity index (χ1n) is 7.87. The molecule has 1 N–H and O–H groups in total. The average Bonchev–Trinajstić information content (AvgIpc) is 2.57. The van der Waals surface area contributed by atoms with Gasteiger partial charge in [-0.15, -0.1) is 0 Å². The molecule has 0 saturated carbocycles. The summed E-state index contributed by atoms with van der Waals surface area (Å²) in [6, 6.07) is 7.19. The summed E-state index contributed by atoms with van der Waals surface area (Å²) < 4.78 is 10.1. The van der Waals surface area contributed by atoms with Gasteiger partial charge in [0.15, 0.2) is 0 Å². The predicted molar refractivity (Wildman–Crippen MR) is 93.1 cm³/mol. The maximum atomic E-state index is 12.1. The molecule has 0 amide bonds. The number of aliphatic hydroxyl groups excluding tert-OH is 1. The Balaban J connectivity index is 2.35. The fourth-order valence-corrected chi connectivity index (χ4v) is 2.37. The molecule has 6 nitrogen and oxygen atoms in total. The van der Waals surface area contributed by atoms with Crippen molar-refractivity contribution in [2.45, 2.75) is 13.8 Å². The second-order valence-electron chi connectivity index (χ2n) is 5.10. The smallest absolute Gasteiger partial charge is 0.343 e. The zero-order valence-electron chi connectivity index (χ0n) is 13.8. The number of esters is 1. The number of ether oxygens (including phenoxy) is 1. The van der Waals surface area contributed by atoms with Crippen molar-refractivity contribution in [2.24, 2.45) is 0 Å². The van der Waals surface area contributed by atoms with Crippen LogP contribution in [0.4, 0.5) is 5.69 Å². The fraction of sp³-hybridized carbons (Fsp3) is 0.333. The van der Waals surface area contributed by atoms with E-state index in [1.54, 1.807) is 19.1 Å². The van der Waals surface area contributed by atoms with Gasteiger partial charge in [-0.2, -0.15) is 0 Å². The van der Waals surface area contributed by atoms with E-state index in [4.69, 9.17) is 14.3 Å². The summed E-state index contributed by atoms with van der Waals surface area (Å²) in [6.45, 7) is 5.26. The summed E-state index contributed by atoms with van der Waals surface area (Å²) in [6.07, 6.45) is 2.59. The summed E-state index contributed by atoms with van der Waals surface area (Å²) in [4.78, 5) is 25.4. The van der Waals surface area contributed by atoms with Crippen LogP contribution >= 0.6 is 0 Å². The molecule has 128 valence electrons. The van der Waals surface area contributed by atoms with Crippen molar-refractivity contribution < 1.29 is 19.1 Å². The van der Waals surface area contributed by atoms with Crippen LogP contribution in [0.2, 0.25) is 0 Å². The lowest BCUT2D eigenvalue weighted by Crippen LogP contribution is -2.26. The van der Waals surface area contributed by atoms with Gasteiger partial charge >= 0.3 is 11.6 Å². The normalized spacial score (nSPS) is 11.1. The minimum absolute atomic E-state index is 0.0490. The van der Waals surface area contributed by atoms with Gasteiger partial charge in [0.1, 0.15) is 5.58 Å². The lowest BCUT2D eigenvalue weighted by atomic mass is 10.1. The number of aliphatic hydroxyl groups is 1. The molecule has 1 aromatic heterocycles. The molecule has 2 rings (SSSR count). The van der Waals surface area contributed by atoms with Crippen LogP contribution in [0.3, 0.4) is 0 Å². The Hall–Kier alpha value is -2.60. The molecular formula is C18H21NO5. The largest absolute Gasteiger partial charge is 0.463 e. The van der Waals surface area contributed by atoms with Crippen LogP contribution in [0.25, 0.3) is 17.0 Å². The maximum Gasteiger partial charge on any atom is 0.343 e. The Morgan fingerprint density at radius 2 is 2.12 bits per heavy atom. The van der Waals surface area contributed by atoms with E-state index >= 15 is 0 Å². The van der Waals surface area contributed by atoms with Crippen LogP contribution in [0.5, 0.6) is 0 Å². The second kappa shape index (κ2) is 8.31. The van der Waals surface area contributed by atoms with Crippen molar-refractivity contribution in [2.75, 3.05) is 31.2 Å². The summed E-state index contributed by atoms with van der Waals surface area (Å²) >= 11 is 0. The van der Waals surface area contributed by atoms with Gasteiger partial charge in [0, 0.05) is 36.3 Å². The first kappa shape index (κ1) is 17.7. The zero-order chi connectivity index (χ0) is 17.5. The van der Waals surface area contributed by atoms with E-state index in [-0.39, 0.29) is 18.8 Å². The molecule has 0 bridgehead atoms. The van der Waals surface area contributed by atoms with Crippen molar-refractivity contribution in [3.05, 3.63) is 46.3 Å². The van der Waals surface area contributed by atoms with Crippen molar-refractivity contribution in [1.82, 2.24) is 0 Å². The monoisotopic (exact) mass is 331 g/mol. The number of hydrogen-bond donors (Lipinski definition) is 1. The highest BCUT2D eigenvalue weighted by Crippen LogP contribution is 2.22. The molecule has 2 aromatic rings. The third-order valence-electron chi connectivity index (χ3n) is 3.55. The van der Waals surface area contributed by atoms with E-state index in [1.807, 2.05) is 24.0 Å². The summed E-state index contributed by atoms with van der Waals surface area (Å²) in [5.41, 5.74) is 1.09. The van der Waals surface area contributed by atoms with Gasteiger partial charge in [0.25, 0.3) is 0 Å². The molecular weight excluding hydrogens is 310 g/mol. The lowest BCUT2D eigenvalue weighted by molar-refractivity contribution is -0.137. The minimum atomic E-state index is -0.523. The molecule has 0 unspecified atom stereocenters. The van der Waals surface area contributed by atoms with Crippen LogP contribution in [0, 0.1) is 0 Å². The van der Waals surface area contributed by atoms with Crippen LogP contribution < -0.4 is 10.5 Å². The lowest BCUT2D eigenvalue weighted by Gasteiger charge is -2.22. The number of benzene rings is 1. The van der Waals surface area contributed by atoms with Gasteiger partial charge in [-0.3, -0.25) is 0 Å². The zero-order valence-corrected chi connectivity index (χ0v) is 13.8. The van der Waals surface area contributed by atoms with E-state index in [0.717, 1.165) is 17.6 Å². The first-order valence-corrected chi connectivity index (χ1v) is 7.87. The second-order valence-corrected chi connectivity index (χ2v) is 5.10. The molecule has 24 heavy (non-hydrogen) atoms. The quantitative estimate of drug-likeness (QED) is 0.476. The van der Waals surface area contributed by atoms with Gasteiger partial charge in [-0.05, 0) is 38.1 Å². The molecule has 0 aliphatic heterocycles. The summed E-state index contributed by atoms with van der Waals surface area (Å²) in [7, 11) is 0. The third-order valence-corrected chi connectivity index (χ3v) is 3.55. The number of carbonyl (C=O) groups excluding carboxylic acids is 1. The number of fused-ring (bicyclic) bond motifs is 1. The van der Waals surface area contributed by atoms with E-state index in [9.17, 15) is 9.59 Å². The molecule has 0 aliphatic rings. The number of anilines is 1. The molecule has 6 heteroatoms. The van der Waals surface area contributed by atoms with Crippen LogP contribution in [-0.2, 0) is 9.53 Å². The van der Waals surface area contributed by atoms with Crippen molar-refractivity contribution in [3.8, 4) is 0 Å². The first-order chi connectivity index (χ1) is 11.6. The molecule has 1 heterocycles. The molecule has 0 spiro atoms. The summed E-state index contributed by atoms with van der Waals surface area (Å²) in [5.74, 6) is -0.505. The van der Waals surface area contributed by atoms with Crippen molar-refractivity contribution >= 4 is 28.7 Å². The van der Waals surface area contributed by atoms with Crippen LogP contribution in [0.15, 0.2) is 39.6 Å². The fourth-order valence-electron chi connectivity index (χ4n) is 2.37. The van der Waals surface area contributed by atoms with Crippen molar-refractivity contribution in [3.63, 3.8) is 0 Å². The van der Waals surface area contributed by atoms with E-state index in [1.165, 1.54) is 12.2 Å². The van der Waals surface area contributed by atoms with E-state index < -0.39 is 11.6 Å². The van der Waals surface area contributed by atoms with Crippen molar-refractivity contribution in [1.29, 1.82) is 0 Å². The maximum absolute atomic E-state index is 12.1. The SMILES string of the molecule is CCOC(=O)/C=C/c1cc2ccc(N(CC)CCO)cc2oc1=O. The molecule has 0 saturated heterocycles. The molecule has 0 aliphatic carbocycles. The highest BCUT2D eigenvalue weighted by Gasteiger charge is 2.08. The summed E-state index contributed by atoms with van der Waals surface area (Å²) in [5, 5.41) is 9.86. The van der Waals surface area contributed by atoms with Gasteiger partial charge in [-0.1, -0.05) is 0 Å². The standard InChI is InChI=1S/C18H21NO5/c1-3-19(9-10-20)15-7-5-13-11-14(6-8-17(21)23-4-2)18(22)24-16(13)12-15/h5-8,11-12,20H,3-4,9-10H2,1-2H3/b8-6+. The highest BCUT2D eigenvalue weighted by molar-refractivity contribution is 5.88. The average molecular weight is 331 g/mol. The number of likely N-dealkylation sites (N-methyl/N-ethyl adjacent to an activating group) is 1. The molecule has 0 fully saturated rings.